The predicted molar refractivity (Wildman–Crippen MR) is 94.4 cm³/mol. The van der Waals surface area contributed by atoms with Gasteiger partial charge in [-0.05, 0) is 26.0 Å². The largest absolute Gasteiger partial charge is 0.449 e. The van der Waals surface area contributed by atoms with Crippen molar-refractivity contribution >= 4 is 28.9 Å². The van der Waals surface area contributed by atoms with Crippen molar-refractivity contribution in [1.82, 2.24) is 0 Å². The molecule has 0 radical (unpaired) electrons. The molecule has 0 aliphatic heterocycles. The number of rotatable bonds is 6. The Hall–Kier alpha value is -3.82. The van der Waals surface area contributed by atoms with Crippen molar-refractivity contribution in [2.24, 2.45) is 0 Å². The van der Waals surface area contributed by atoms with Crippen molar-refractivity contribution in [2.75, 3.05) is 5.32 Å². The Labute approximate surface area is 153 Å². The van der Waals surface area contributed by atoms with Crippen molar-refractivity contribution in [2.45, 2.75) is 20.0 Å². The molecule has 0 saturated carbocycles. The lowest BCUT2D eigenvalue weighted by atomic mass is 10.1. The third-order valence-electron chi connectivity index (χ3n) is 3.70. The maximum atomic E-state index is 12.2. The van der Waals surface area contributed by atoms with E-state index in [4.69, 9.17) is 4.74 Å². The summed E-state index contributed by atoms with van der Waals surface area (Å²) in [5.41, 5.74) is -0.176. The molecule has 1 N–H and O–H groups in total. The molecule has 0 heterocycles. The summed E-state index contributed by atoms with van der Waals surface area (Å²) in [7, 11) is 0. The van der Waals surface area contributed by atoms with Gasteiger partial charge < -0.3 is 10.1 Å². The van der Waals surface area contributed by atoms with Gasteiger partial charge in [-0.15, -0.1) is 0 Å². The van der Waals surface area contributed by atoms with E-state index in [1.54, 1.807) is 0 Å². The van der Waals surface area contributed by atoms with Crippen LogP contribution in [0.1, 0.15) is 22.8 Å². The normalized spacial score (nSPS) is 11.3. The van der Waals surface area contributed by atoms with E-state index in [0.717, 1.165) is 6.07 Å². The Morgan fingerprint density at radius 2 is 1.74 bits per heavy atom. The molecule has 2 aromatic rings. The van der Waals surface area contributed by atoms with Crippen molar-refractivity contribution in [3.05, 3.63) is 73.8 Å². The number of benzene rings is 2. The van der Waals surface area contributed by atoms with Gasteiger partial charge in [0, 0.05) is 29.4 Å². The fourth-order valence-electron chi connectivity index (χ4n) is 2.26. The highest BCUT2D eigenvalue weighted by Crippen LogP contribution is 2.22. The first kappa shape index (κ1) is 19.5. The number of esters is 1. The molecular formula is C17H15N3O7. The minimum atomic E-state index is -1.23. The summed E-state index contributed by atoms with van der Waals surface area (Å²) in [5.74, 6) is -1.59. The van der Waals surface area contributed by atoms with Gasteiger partial charge in [-0.2, -0.15) is 0 Å². The van der Waals surface area contributed by atoms with Crippen molar-refractivity contribution < 1.29 is 24.2 Å². The van der Waals surface area contributed by atoms with Crippen LogP contribution >= 0.6 is 0 Å². The van der Waals surface area contributed by atoms with E-state index in [1.807, 2.05) is 0 Å². The Morgan fingerprint density at radius 3 is 2.37 bits per heavy atom. The van der Waals surface area contributed by atoms with Gasteiger partial charge in [-0.25, -0.2) is 4.79 Å². The number of ether oxygens (including phenoxy) is 1. The van der Waals surface area contributed by atoms with Crippen molar-refractivity contribution in [3.63, 3.8) is 0 Å². The standard InChI is InChI=1S/C17H15N3O7/c1-10-14(7-4-8-15(10)20(25)26)17(22)27-11(2)16(21)18-12-5-3-6-13(9-12)19(23)24/h3-9,11H,1-2H3,(H,18,21). The minimum Gasteiger partial charge on any atom is -0.449 e. The van der Waals surface area contributed by atoms with Crippen LogP contribution in [0, 0.1) is 27.2 Å². The zero-order chi connectivity index (χ0) is 20.1. The number of nitrogens with zero attached hydrogens (tertiary/aromatic N) is 2. The van der Waals surface area contributed by atoms with Crippen molar-refractivity contribution in [3.8, 4) is 0 Å². The van der Waals surface area contributed by atoms with E-state index in [1.165, 1.54) is 50.2 Å². The molecule has 0 saturated heterocycles. The van der Waals surface area contributed by atoms with Crippen LogP contribution in [0.25, 0.3) is 0 Å². The molecule has 1 atom stereocenters. The molecule has 0 spiro atoms. The molecule has 0 aliphatic rings. The van der Waals surface area contributed by atoms with E-state index in [0.29, 0.717) is 0 Å². The highest BCUT2D eigenvalue weighted by Gasteiger charge is 2.23. The maximum Gasteiger partial charge on any atom is 0.339 e. The molecule has 1 unspecified atom stereocenters. The molecule has 0 fully saturated rings. The van der Waals surface area contributed by atoms with Gasteiger partial charge in [0.25, 0.3) is 17.3 Å². The third kappa shape index (κ3) is 4.63. The molecule has 1 amide bonds. The van der Waals surface area contributed by atoms with Crippen molar-refractivity contribution in [1.29, 1.82) is 0 Å². The summed E-state index contributed by atoms with van der Waals surface area (Å²) >= 11 is 0. The lowest BCUT2D eigenvalue weighted by Gasteiger charge is -2.14. The molecule has 10 heteroatoms. The number of nitrogens with one attached hydrogen (secondary N) is 1. The number of hydrogen-bond acceptors (Lipinski definition) is 7. The Balaban J connectivity index is 2.09. The number of nitro groups is 2. The molecule has 0 aliphatic carbocycles. The third-order valence-corrected chi connectivity index (χ3v) is 3.70. The van der Waals surface area contributed by atoms with Crippen LogP contribution in [-0.4, -0.2) is 27.8 Å². The van der Waals surface area contributed by atoms with E-state index < -0.39 is 27.8 Å². The molecular weight excluding hydrogens is 358 g/mol. The Morgan fingerprint density at radius 1 is 1.07 bits per heavy atom. The van der Waals surface area contributed by atoms with Crippen LogP contribution in [0.2, 0.25) is 0 Å². The number of carbonyl (C=O) groups is 2. The molecule has 10 nitrogen and oxygen atoms in total. The van der Waals surface area contributed by atoms with E-state index in [-0.39, 0.29) is 28.2 Å². The highest BCUT2D eigenvalue weighted by atomic mass is 16.6. The van der Waals surface area contributed by atoms with Crippen LogP contribution in [0.15, 0.2) is 42.5 Å². The summed E-state index contributed by atoms with van der Waals surface area (Å²) < 4.78 is 5.06. The summed E-state index contributed by atoms with van der Waals surface area (Å²) in [6.07, 6.45) is -1.23. The number of nitro benzene ring substituents is 2. The lowest BCUT2D eigenvalue weighted by molar-refractivity contribution is -0.385. The predicted octanol–water partition coefficient (Wildman–Crippen LogP) is 3.00. The second kappa shape index (κ2) is 8.04. The van der Waals surface area contributed by atoms with E-state index in [2.05, 4.69) is 5.32 Å². The summed E-state index contributed by atoms with van der Waals surface area (Å²) in [4.78, 5) is 44.9. The number of hydrogen-bond donors (Lipinski definition) is 1. The van der Waals surface area contributed by atoms with Crippen LogP contribution < -0.4 is 5.32 Å². The lowest BCUT2D eigenvalue weighted by Crippen LogP contribution is -2.30. The molecule has 0 bridgehead atoms. The zero-order valence-electron chi connectivity index (χ0n) is 14.4. The van der Waals surface area contributed by atoms with Crippen LogP contribution in [-0.2, 0) is 9.53 Å². The van der Waals surface area contributed by atoms with Gasteiger partial charge >= 0.3 is 5.97 Å². The van der Waals surface area contributed by atoms with Gasteiger partial charge in [-0.1, -0.05) is 12.1 Å². The van der Waals surface area contributed by atoms with Crippen LogP contribution in [0.3, 0.4) is 0 Å². The average Bonchev–Trinajstić information content (AvgIpc) is 2.61. The topological polar surface area (TPSA) is 142 Å². The first-order chi connectivity index (χ1) is 12.7. The van der Waals surface area contributed by atoms with Gasteiger partial charge in [0.05, 0.1) is 15.4 Å². The zero-order valence-corrected chi connectivity index (χ0v) is 14.4. The number of carbonyl (C=O) groups excluding carboxylic acids is 2. The Kier molecular flexibility index (Phi) is 5.81. The molecule has 140 valence electrons. The fourth-order valence-corrected chi connectivity index (χ4v) is 2.26. The van der Waals surface area contributed by atoms with Gasteiger partial charge in [0.2, 0.25) is 0 Å². The van der Waals surface area contributed by atoms with Gasteiger partial charge in [-0.3, -0.25) is 25.0 Å². The highest BCUT2D eigenvalue weighted by molar-refractivity contribution is 5.98. The molecule has 2 rings (SSSR count). The second-order valence-corrected chi connectivity index (χ2v) is 5.55. The van der Waals surface area contributed by atoms with Crippen LogP contribution in [0.4, 0.5) is 17.1 Å². The molecule has 27 heavy (non-hydrogen) atoms. The second-order valence-electron chi connectivity index (χ2n) is 5.55. The number of anilines is 1. The average molecular weight is 373 g/mol. The SMILES string of the molecule is Cc1c(C(=O)OC(C)C(=O)Nc2cccc([N+](=O)[O-])c2)cccc1[N+](=O)[O-]. The summed E-state index contributed by atoms with van der Waals surface area (Å²) in [5, 5.41) is 24.1. The first-order valence-electron chi connectivity index (χ1n) is 7.71. The number of amides is 1. The first-order valence-corrected chi connectivity index (χ1v) is 7.71. The van der Waals surface area contributed by atoms with E-state index in [9.17, 15) is 29.8 Å². The van der Waals surface area contributed by atoms with Crippen LogP contribution in [0.5, 0.6) is 0 Å². The summed E-state index contributed by atoms with van der Waals surface area (Å²) in [6.45, 7) is 2.72. The number of non-ortho nitro benzene ring substituents is 1. The Bertz CT molecular complexity index is 926. The molecule has 0 aromatic heterocycles. The van der Waals surface area contributed by atoms with Gasteiger partial charge in [0.1, 0.15) is 0 Å². The minimum absolute atomic E-state index is 0.0285. The quantitative estimate of drug-likeness (QED) is 0.466. The van der Waals surface area contributed by atoms with E-state index >= 15 is 0 Å². The molecule has 2 aromatic carbocycles. The smallest absolute Gasteiger partial charge is 0.339 e. The maximum absolute atomic E-state index is 12.2. The van der Waals surface area contributed by atoms with Gasteiger partial charge in [0.15, 0.2) is 6.10 Å². The fraction of sp³-hybridized carbons (Fsp3) is 0.176. The monoisotopic (exact) mass is 373 g/mol. The summed E-state index contributed by atoms with van der Waals surface area (Å²) in [6, 6.07) is 9.23.